The summed E-state index contributed by atoms with van der Waals surface area (Å²) in [5.41, 5.74) is 6.29. The zero-order chi connectivity index (χ0) is 14.8. The average molecular weight is 303 g/mol. The van der Waals surface area contributed by atoms with E-state index in [1.54, 1.807) is 0 Å². The standard InChI is InChI=1S/C15H17N3O2S/c16-7-8-1-4-12(11(17)5-8)21(19,20)18-15-13-9-2-3-10(6-9)14(13)15/h1,4-5,9-10,13-15,18H,2-3,6,17H2. The Labute approximate surface area is 124 Å². The molecule has 3 N–H and O–H groups in total. The highest BCUT2D eigenvalue weighted by Gasteiger charge is 2.65. The first kappa shape index (κ1) is 13.1. The number of sulfonamides is 1. The van der Waals surface area contributed by atoms with Crippen molar-refractivity contribution in [2.45, 2.75) is 30.2 Å². The number of rotatable bonds is 3. The molecule has 3 fully saturated rings. The highest BCUT2D eigenvalue weighted by molar-refractivity contribution is 7.89. The summed E-state index contributed by atoms with van der Waals surface area (Å²) in [6.45, 7) is 0. The van der Waals surface area contributed by atoms with E-state index in [4.69, 9.17) is 11.0 Å². The largest absolute Gasteiger partial charge is 0.398 e. The van der Waals surface area contributed by atoms with Gasteiger partial charge in [0.05, 0.1) is 17.3 Å². The van der Waals surface area contributed by atoms with Crippen LogP contribution in [0.25, 0.3) is 0 Å². The fourth-order valence-electron chi connectivity index (χ4n) is 4.59. The number of nitrogens with two attached hydrogens (primary N) is 1. The molecule has 0 aromatic heterocycles. The van der Waals surface area contributed by atoms with Gasteiger partial charge in [-0.2, -0.15) is 5.26 Å². The van der Waals surface area contributed by atoms with Gasteiger partial charge in [-0.25, -0.2) is 13.1 Å². The maximum absolute atomic E-state index is 12.5. The first-order valence-electron chi connectivity index (χ1n) is 7.33. The van der Waals surface area contributed by atoms with Crippen LogP contribution in [0.15, 0.2) is 23.1 Å². The lowest BCUT2D eigenvalue weighted by Gasteiger charge is -2.12. The summed E-state index contributed by atoms with van der Waals surface area (Å²) in [5, 5.41) is 8.81. The van der Waals surface area contributed by atoms with E-state index in [2.05, 4.69) is 4.72 Å². The second-order valence-corrected chi connectivity index (χ2v) is 8.18. The van der Waals surface area contributed by atoms with Gasteiger partial charge < -0.3 is 5.73 Å². The maximum Gasteiger partial charge on any atom is 0.242 e. The topological polar surface area (TPSA) is 96.0 Å². The fraction of sp³-hybridized carbons (Fsp3) is 0.533. The van der Waals surface area contributed by atoms with E-state index in [1.165, 1.54) is 37.5 Å². The number of hydrogen-bond donors (Lipinski definition) is 2. The third kappa shape index (κ3) is 1.88. The summed E-state index contributed by atoms with van der Waals surface area (Å²) in [6.07, 6.45) is 3.79. The van der Waals surface area contributed by atoms with Crippen molar-refractivity contribution in [2.75, 3.05) is 5.73 Å². The molecule has 3 aliphatic rings. The van der Waals surface area contributed by atoms with Crippen LogP contribution in [0.5, 0.6) is 0 Å². The molecule has 21 heavy (non-hydrogen) atoms. The number of hydrogen-bond acceptors (Lipinski definition) is 4. The molecule has 110 valence electrons. The molecule has 0 spiro atoms. The summed E-state index contributed by atoms with van der Waals surface area (Å²) in [6, 6.07) is 6.37. The van der Waals surface area contributed by atoms with Crippen LogP contribution in [-0.4, -0.2) is 14.5 Å². The fourth-order valence-corrected chi connectivity index (χ4v) is 6.00. The van der Waals surface area contributed by atoms with E-state index in [9.17, 15) is 8.42 Å². The molecule has 2 bridgehead atoms. The van der Waals surface area contributed by atoms with Gasteiger partial charge in [0.15, 0.2) is 0 Å². The Morgan fingerprint density at radius 1 is 1.24 bits per heavy atom. The number of nitrogens with zero attached hydrogens (tertiary/aromatic N) is 1. The molecule has 1 aromatic carbocycles. The van der Waals surface area contributed by atoms with E-state index in [0.29, 0.717) is 29.2 Å². The number of fused-ring (bicyclic) bond motifs is 5. The van der Waals surface area contributed by atoms with E-state index in [-0.39, 0.29) is 16.6 Å². The number of benzene rings is 1. The molecule has 0 amide bonds. The summed E-state index contributed by atoms with van der Waals surface area (Å²) in [7, 11) is -3.60. The van der Waals surface area contributed by atoms with Crippen LogP contribution in [0.3, 0.4) is 0 Å². The minimum Gasteiger partial charge on any atom is -0.398 e. The Kier molecular flexibility index (Phi) is 2.63. The lowest BCUT2D eigenvalue weighted by atomic mass is 10.0. The van der Waals surface area contributed by atoms with Crippen molar-refractivity contribution < 1.29 is 8.42 Å². The quantitative estimate of drug-likeness (QED) is 0.826. The zero-order valence-corrected chi connectivity index (χ0v) is 12.3. The Morgan fingerprint density at radius 2 is 1.90 bits per heavy atom. The second-order valence-electron chi connectivity index (χ2n) is 6.50. The van der Waals surface area contributed by atoms with Gasteiger partial charge in [-0.15, -0.1) is 0 Å². The lowest BCUT2D eigenvalue weighted by molar-refractivity contribution is 0.456. The van der Waals surface area contributed by atoms with E-state index < -0.39 is 10.0 Å². The lowest BCUT2D eigenvalue weighted by Crippen LogP contribution is -2.30. The molecule has 0 aliphatic heterocycles. The summed E-state index contributed by atoms with van der Waals surface area (Å²) < 4.78 is 27.8. The summed E-state index contributed by atoms with van der Waals surface area (Å²) >= 11 is 0. The molecule has 0 heterocycles. The molecule has 3 aliphatic carbocycles. The minimum atomic E-state index is -3.60. The van der Waals surface area contributed by atoms with Gasteiger partial charge in [0, 0.05) is 6.04 Å². The molecule has 0 saturated heterocycles. The molecule has 1 aromatic rings. The molecule has 4 atom stereocenters. The SMILES string of the molecule is N#Cc1ccc(S(=O)(=O)NC2C3C4CCC(C4)C23)c(N)c1. The van der Waals surface area contributed by atoms with Gasteiger partial charge in [-0.05, 0) is 61.1 Å². The van der Waals surface area contributed by atoms with Crippen LogP contribution >= 0.6 is 0 Å². The minimum absolute atomic E-state index is 0.0822. The third-order valence-electron chi connectivity index (χ3n) is 5.45. The van der Waals surface area contributed by atoms with Crippen molar-refractivity contribution in [3.8, 4) is 6.07 Å². The first-order chi connectivity index (χ1) is 10.0. The normalized spacial score (nSPS) is 36.2. The molecule has 5 nitrogen and oxygen atoms in total. The Balaban J connectivity index is 1.57. The Morgan fingerprint density at radius 3 is 2.48 bits per heavy atom. The van der Waals surface area contributed by atoms with Gasteiger partial charge >= 0.3 is 0 Å². The maximum atomic E-state index is 12.5. The molecule has 3 saturated carbocycles. The Hall–Kier alpha value is -1.58. The smallest absolute Gasteiger partial charge is 0.242 e. The van der Waals surface area contributed by atoms with Crippen molar-refractivity contribution in [1.82, 2.24) is 4.72 Å². The van der Waals surface area contributed by atoms with Crippen LogP contribution in [0.2, 0.25) is 0 Å². The third-order valence-corrected chi connectivity index (χ3v) is 6.99. The van der Waals surface area contributed by atoms with Crippen molar-refractivity contribution in [3.63, 3.8) is 0 Å². The predicted octanol–water partition coefficient (Wildman–Crippen LogP) is 1.46. The van der Waals surface area contributed by atoms with Crippen molar-refractivity contribution >= 4 is 15.7 Å². The van der Waals surface area contributed by atoms with Crippen LogP contribution in [-0.2, 0) is 10.0 Å². The predicted molar refractivity (Wildman–Crippen MR) is 77.5 cm³/mol. The van der Waals surface area contributed by atoms with Crippen LogP contribution in [0.1, 0.15) is 24.8 Å². The zero-order valence-electron chi connectivity index (χ0n) is 11.5. The number of anilines is 1. The van der Waals surface area contributed by atoms with Crippen LogP contribution in [0, 0.1) is 35.0 Å². The number of nitrogen functional groups attached to an aromatic ring is 1. The Bertz CT molecular complexity index is 737. The van der Waals surface area contributed by atoms with Crippen molar-refractivity contribution in [2.24, 2.45) is 23.7 Å². The van der Waals surface area contributed by atoms with Gasteiger partial charge in [-0.3, -0.25) is 0 Å². The second kappa shape index (κ2) is 4.21. The van der Waals surface area contributed by atoms with E-state index >= 15 is 0 Å². The monoisotopic (exact) mass is 303 g/mol. The molecule has 0 radical (unpaired) electrons. The molecule has 4 unspecified atom stereocenters. The van der Waals surface area contributed by atoms with Gasteiger partial charge in [-0.1, -0.05) is 0 Å². The molecule has 6 heteroatoms. The first-order valence-corrected chi connectivity index (χ1v) is 8.81. The average Bonchev–Trinajstić information content (AvgIpc) is 2.85. The summed E-state index contributed by atoms with van der Waals surface area (Å²) in [5.74, 6) is 2.51. The van der Waals surface area contributed by atoms with Crippen molar-refractivity contribution in [3.05, 3.63) is 23.8 Å². The van der Waals surface area contributed by atoms with E-state index in [0.717, 1.165) is 0 Å². The van der Waals surface area contributed by atoms with Crippen LogP contribution in [0.4, 0.5) is 5.69 Å². The van der Waals surface area contributed by atoms with E-state index in [1.807, 2.05) is 6.07 Å². The van der Waals surface area contributed by atoms with Gasteiger partial charge in [0.1, 0.15) is 4.90 Å². The number of nitrogens with one attached hydrogen (secondary N) is 1. The highest BCUT2D eigenvalue weighted by atomic mass is 32.2. The van der Waals surface area contributed by atoms with Crippen LogP contribution < -0.4 is 10.5 Å². The summed E-state index contributed by atoms with van der Waals surface area (Å²) in [4.78, 5) is 0.0822. The van der Waals surface area contributed by atoms with Crippen molar-refractivity contribution in [1.29, 1.82) is 5.26 Å². The molecule has 4 rings (SSSR count). The number of nitriles is 1. The van der Waals surface area contributed by atoms with Gasteiger partial charge in [0.25, 0.3) is 0 Å². The molecular formula is C15H17N3O2S. The molecular weight excluding hydrogens is 286 g/mol. The van der Waals surface area contributed by atoms with Gasteiger partial charge in [0.2, 0.25) is 10.0 Å². The highest BCUT2D eigenvalue weighted by Crippen LogP contribution is 2.65.